The quantitative estimate of drug-likeness (QED) is 0.260. The Bertz CT molecular complexity index is 1560. The number of aryl methyl sites for hydroxylation is 2. The van der Waals surface area contributed by atoms with Crippen molar-refractivity contribution in [1.82, 2.24) is 20.2 Å². The maximum atomic E-state index is 13.6. The molecule has 2 aliphatic rings. The van der Waals surface area contributed by atoms with Gasteiger partial charge in [0.05, 0.1) is 0 Å². The fourth-order valence-corrected chi connectivity index (χ4v) is 5.56. The Morgan fingerprint density at radius 3 is 2.09 bits per heavy atom. The molecule has 2 fully saturated rings. The van der Waals surface area contributed by atoms with Gasteiger partial charge in [-0.1, -0.05) is 18.2 Å². The van der Waals surface area contributed by atoms with Gasteiger partial charge < -0.3 is 35.4 Å². The molecule has 3 heterocycles. The monoisotopic (exact) mass is 592 g/mol. The number of benzene rings is 3. The minimum absolute atomic E-state index is 0.176. The number of carbonyl (C=O) groups excluding carboxylic acids is 1. The summed E-state index contributed by atoms with van der Waals surface area (Å²) in [5.74, 6) is 0.771. The first kappa shape index (κ1) is 29.4. The van der Waals surface area contributed by atoms with Crippen molar-refractivity contribution in [1.29, 1.82) is 0 Å². The van der Waals surface area contributed by atoms with Gasteiger partial charge in [-0.25, -0.2) is 4.98 Å². The molecule has 44 heavy (non-hydrogen) atoms. The van der Waals surface area contributed by atoms with E-state index in [0.717, 1.165) is 80.5 Å². The first-order chi connectivity index (χ1) is 21.4. The molecular weight excluding hydrogens is 552 g/mol. The fraction of sp³-hybridized carbons (Fsp3) is 0.324. The number of hydrogen-bond acceptors (Lipinski definition) is 9. The number of anilines is 5. The molecule has 2 aliphatic heterocycles. The van der Waals surface area contributed by atoms with Crippen molar-refractivity contribution in [3.63, 3.8) is 0 Å². The number of piperazine rings is 2. The Hall–Kier alpha value is -4.67. The van der Waals surface area contributed by atoms with Gasteiger partial charge in [0, 0.05) is 81.3 Å². The van der Waals surface area contributed by atoms with Gasteiger partial charge in [0.25, 0.3) is 5.91 Å². The van der Waals surface area contributed by atoms with Crippen LogP contribution in [0.1, 0.15) is 21.5 Å². The van der Waals surface area contributed by atoms with E-state index in [-0.39, 0.29) is 17.4 Å². The second-order valence-corrected chi connectivity index (χ2v) is 11.4. The SMILES string of the molecule is Cc1cccc(C)c1NC(=O)c1cnc(Nc2ccc(N3CCN(C)CC3)cc2)nc1Oc1ccc(N2CCNCC2)cc1. The molecule has 10 heteroatoms. The van der Waals surface area contributed by atoms with Crippen LogP contribution in [0.5, 0.6) is 11.6 Å². The van der Waals surface area contributed by atoms with E-state index in [9.17, 15) is 4.79 Å². The zero-order valence-corrected chi connectivity index (χ0v) is 25.6. The number of nitrogens with one attached hydrogen (secondary N) is 3. The molecule has 10 nitrogen and oxygen atoms in total. The number of nitrogens with zero attached hydrogens (tertiary/aromatic N) is 5. The molecule has 0 saturated carbocycles. The molecule has 0 aliphatic carbocycles. The number of para-hydroxylation sites is 1. The molecule has 0 atom stereocenters. The maximum absolute atomic E-state index is 13.6. The summed E-state index contributed by atoms with van der Waals surface area (Å²) in [6.45, 7) is 11.9. The van der Waals surface area contributed by atoms with Gasteiger partial charge in [0.1, 0.15) is 11.3 Å². The van der Waals surface area contributed by atoms with E-state index in [2.05, 4.69) is 59.8 Å². The molecule has 1 amide bonds. The van der Waals surface area contributed by atoms with Crippen LogP contribution in [0.25, 0.3) is 0 Å². The van der Waals surface area contributed by atoms with Crippen LogP contribution in [-0.2, 0) is 0 Å². The summed E-state index contributed by atoms with van der Waals surface area (Å²) < 4.78 is 6.26. The molecule has 0 unspecified atom stereocenters. The third-order valence-electron chi connectivity index (χ3n) is 8.24. The summed E-state index contributed by atoms with van der Waals surface area (Å²) in [5.41, 5.74) is 6.14. The molecule has 0 spiro atoms. The van der Waals surface area contributed by atoms with Crippen LogP contribution in [0.15, 0.2) is 72.9 Å². The van der Waals surface area contributed by atoms with E-state index in [1.165, 1.54) is 11.9 Å². The Labute approximate surface area is 259 Å². The number of rotatable bonds is 8. The summed E-state index contributed by atoms with van der Waals surface area (Å²) >= 11 is 0. The minimum atomic E-state index is -0.335. The van der Waals surface area contributed by atoms with Gasteiger partial charge >= 0.3 is 0 Å². The predicted molar refractivity (Wildman–Crippen MR) is 177 cm³/mol. The summed E-state index contributed by atoms with van der Waals surface area (Å²) in [6.07, 6.45) is 1.52. The van der Waals surface area contributed by atoms with Crippen molar-refractivity contribution in [2.45, 2.75) is 13.8 Å². The lowest BCUT2D eigenvalue weighted by Crippen LogP contribution is -2.44. The van der Waals surface area contributed by atoms with Gasteiger partial charge in [-0.3, -0.25) is 4.79 Å². The Balaban J connectivity index is 1.23. The lowest BCUT2D eigenvalue weighted by molar-refractivity contribution is 0.102. The Morgan fingerprint density at radius 1 is 0.818 bits per heavy atom. The van der Waals surface area contributed by atoms with Crippen molar-refractivity contribution >= 4 is 34.6 Å². The van der Waals surface area contributed by atoms with Crippen molar-refractivity contribution in [3.05, 3.63) is 89.6 Å². The number of aromatic nitrogens is 2. The highest BCUT2D eigenvalue weighted by molar-refractivity contribution is 6.06. The van der Waals surface area contributed by atoms with E-state index in [1.54, 1.807) is 0 Å². The predicted octanol–water partition coefficient (Wildman–Crippen LogP) is 5.04. The van der Waals surface area contributed by atoms with Gasteiger partial charge in [-0.05, 0) is 80.6 Å². The third kappa shape index (κ3) is 6.93. The molecule has 3 aromatic carbocycles. The molecule has 4 aromatic rings. The fourth-order valence-electron chi connectivity index (χ4n) is 5.56. The van der Waals surface area contributed by atoms with Crippen LogP contribution in [0.2, 0.25) is 0 Å². The first-order valence-corrected chi connectivity index (χ1v) is 15.2. The highest BCUT2D eigenvalue weighted by atomic mass is 16.5. The first-order valence-electron chi connectivity index (χ1n) is 15.2. The summed E-state index contributed by atoms with van der Waals surface area (Å²) in [4.78, 5) is 29.8. The molecule has 6 rings (SSSR count). The molecule has 0 bridgehead atoms. The molecule has 2 saturated heterocycles. The molecule has 228 valence electrons. The zero-order chi connectivity index (χ0) is 30.5. The third-order valence-corrected chi connectivity index (χ3v) is 8.24. The lowest BCUT2D eigenvalue weighted by atomic mass is 10.1. The van der Waals surface area contributed by atoms with Gasteiger partial charge in [-0.15, -0.1) is 0 Å². The van der Waals surface area contributed by atoms with Gasteiger partial charge in [-0.2, -0.15) is 4.98 Å². The second-order valence-electron chi connectivity index (χ2n) is 11.4. The average molecular weight is 593 g/mol. The smallest absolute Gasteiger partial charge is 0.262 e. The minimum Gasteiger partial charge on any atom is -0.438 e. The van der Waals surface area contributed by atoms with Gasteiger partial charge in [0.15, 0.2) is 0 Å². The maximum Gasteiger partial charge on any atom is 0.262 e. The number of likely N-dealkylation sites (N-methyl/N-ethyl adjacent to an activating group) is 1. The van der Waals surface area contributed by atoms with E-state index < -0.39 is 0 Å². The molecular formula is C34H40N8O2. The van der Waals surface area contributed by atoms with Crippen molar-refractivity contribution < 1.29 is 9.53 Å². The topological polar surface area (TPSA) is 97.9 Å². The summed E-state index contributed by atoms with van der Waals surface area (Å²) in [6, 6.07) is 22.1. The normalized spacial score (nSPS) is 15.6. The highest BCUT2D eigenvalue weighted by Crippen LogP contribution is 2.29. The van der Waals surface area contributed by atoms with Crippen molar-refractivity contribution in [2.75, 3.05) is 79.8 Å². The van der Waals surface area contributed by atoms with Crippen LogP contribution in [0.4, 0.5) is 28.7 Å². The van der Waals surface area contributed by atoms with Crippen LogP contribution in [0.3, 0.4) is 0 Å². The van der Waals surface area contributed by atoms with Crippen molar-refractivity contribution in [3.8, 4) is 11.6 Å². The summed E-state index contributed by atoms with van der Waals surface area (Å²) in [5, 5.41) is 9.71. The Kier molecular flexibility index (Phi) is 8.90. The summed E-state index contributed by atoms with van der Waals surface area (Å²) in [7, 11) is 2.16. The molecule has 3 N–H and O–H groups in total. The molecule has 0 radical (unpaired) electrons. The van der Waals surface area contributed by atoms with E-state index in [0.29, 0.717) is 11.7 Å². The largest absolute Gasteiger partial charge is 0.438 e. The number of hydrogen-bond donors (Lipinski definition) is 3. The number of ether oxygens (including phenoxy) is 1. The number of amides is 1. The van der Waals surface area contributed by atoms with Crippen LogP contribution in [-0.4, -0.2) is 80.2 Å². The van der Waals surface area contributed by atoms with E-state index in [4.69, 9.17) is 4.74 Å². The lowest BCUT2D eigenvalue weighted by Gasteiger charge is -2.34. The van der Waals surface area contributed by atoms with Crippen molar-refractivity contribution in [2.24, 2.45) is 0 Å². The van der Waals surface area contributed by atoms with Crippen LogP contribution < -0.4 is 30.5 Å². The molecule has 1 aromatic heterocycles. The number of carbonyl (C=O) groups is 1. The second kappa shape index (κ2) is 13.3. The van der Waals surface area contributed by atoms with Crippen LogP contribution >= 0.6 is 0 Å². The van der Waals surface area contributed by atoms with E-state index in [1.807, 2.05) is 68.4 Å². The standard InChI is InChI=1S/C34H40N8O2/c1-24-5-4-6-25(2)31(24)38-32(43)30-23-36-34(37-26-7-9-27(10-8-26)42-21-19-40(3)20-22-42)39-33(30)44-29-13-11-28(12-14-29)41-17-15-35-16-18-41/h4-14,23,35H,15-22H2,1-3H3,(H,38,43)(H,36,37,39). The van der Waals surface area contributed by atoms with Gasteiger partial charge in [0.2, 0.25) is 11.8 Å². The highest BCUT2D eigenvalue weighted by Gasteiger charge is 2.20. The average Bonchev–Trinajstić information content (AvgIpc) is 3.04. The van der Waals surface area contributed by atoms with E-state index >= 15 is 0 Å². The van der Waals surface area contributed by atoms with Crippen LogP contribution in [0, 0.1) is 13.8 Å². The Morgan fingerprint density at radius 2 is 1.43 bits per heavy atom. The zero-order valence-electron chi connectivity index (χ0n) is 25.6.